The number of phenols is 1. The minimum absolute atomic E-state index is 0.155. The summed E-state index contributed by atoms with van der Waals surface area (Å²) >= 11 is 0. The van der Waals surface area contributed by atoms with Gasteiger partial charge in [0.25, 0.3) is 0 Å². The van der Waals surface area contributed by atoms with E-state index in [0.29, 0.717) is 11.7 Å². The molecule has 0 saturated carbocycles. The van der Waals surface area contributed by atoms with Crippen molar-refractivity contribution in [3.05, 3.63) is 41.5 Å². The Kier molecular flexibility index (Phi) is 4.16. The normalized spacial score (nSPS) is 19.2. The molecule has 5 heteroatoms. The molecule has 118 valence electrons. The van der Waals surface area contributed by atoms with E-state index < -0.39 is 0 Å². The Morgan fingerprint density at radius 3 is 2.86 bits per heavy atom. The van der Waals surface area contributed by atoms with E-state index in [1.54, 1.807) is 6.07 Å². The largest absolute Gasteiger partial charge is 0.508 e. The average molecular weight is 300 g/mol. The fourth-order valence-corrected chi connectivity index (χ4v) is 2.96. The first kappa shape index (κ1) is 15.0. The maximum Gasteiger partial charge on any atom is 0.153 e. The molecule has 1 aromatic carbocycles. The van der Waals surface area contributed by atoms with Gasteiger partial charge in [0.2, 0.25) is 0 Å². The molecule has 1 aliphatic rings. The molecule has 0 amide bonds. The first-order valence-corrected chi connectivity index (χ1v) is 8.04. The number of nitrogens with zero attached hydrogens (tertiary/aromatic N) is 3. The Bertz CT molecular complexity index is 650. The third-order valence-electron chi connectivity index (χ3n) is 4.23. The van der Waals surface area contributed by atoms with E-state index >= 15 is 0 Å². The number of hydrogen-bond acceptors (Lipinski definition) is 4. The number of nitrogens with one attached hydrogen (secondary N) is 1. The third kappa shape index (κ3) is 2.99. The minimum Gasteiger partial charge on any atom is -0.508 e. The van der Waals surface area contributed by atoms with E-state index in [2.05, 4.69) is 31.2 Å². The molecule has 2 atom stereocenters. The summed E-state index contributed by atoms with van der Waals surface area (Å²) in [5.41, 5.74) is 1.08. The Morgan fingerprint density at radius 1 is 1.32 bits per heavy atom. The van der Waals surface area contributed by atoms with E-state index in [4.69, 9.17) is 4.98 Å². The number of benzene rings is 1. The van der Waals surface area contributed by atoms with Crippen molar-refractivity contribution < 1.29 is 5.11 Å². The van der Waals surface area contributed by atoms with Crippen LogP contribution in [0.1, 0.15) is 68.8 Å². The van der Waals surface area contributed by atoms with E-state index in [0.717, 1.165) is 36.6 Å². The zero-order valence-electron chi connectivity index (χ0n) is 13.5. The van der Waals surface area contributed by atoms with Gasteiger partial charge in [-0.05, 0) is 37.5 Å². The topological polar surface area (TPSA) is 63.0 Å². The molecule has 0 bridgehead atoms. The van der Waals surface area contributed by atoms with Crippen LogP contribution in [-0.2, 0) is 6.54 Å². The highest BCUT2D eigenvalue weighted by Crippen LogP contribution is 2.28. The van der Waals surface area contributed by atoms with Gasteiger partial charge in [0.1, 0.15) is 11.6 Å². The molecule has 0 unspecified atom stereocenters. The number of aromatic nitrogens is 3. The van der Waals surface area contributed by atoms with E-state index in [-0.39, 0.29) is 12.1 Å². The molecular weight excluding hydrogens is 276 g/mol. The Morgan fingerprint density at radius 2 is 2.14 bits per heavy atom. The van der Waals surface area contributed by atoms with Crippen LogP contribution in [0.25, 0.3) is 0 Å². The average Bonchev–Trinajstić information content (AvgIpc) is 2.92. The zero-order valence-corrected chi connectivity index (χ0v) is 13.5. The van der Waals surface area contributed by atoms with Gasteiger partial charge in [-0.25, -0.2) is 9.67 Å². The highest BCUT2D eigenvalue weighted by molar-refractivity contribution is 5.29. The van der Waals surface area contributed by atoms with E-state index in [9.17, 15) is 5.11 Å². The molecule has 0 aliphatic carbocycles. The molecule has 22 heavy (non-hydrogen) atoms. The highest BCUT2D eigenvalue weighted by atomic mass is 16.3. The molecule has 3 rings (SSSR count). The van der Waals surface area contributed by atoms with Crippen LogP contribution in [-0.4, -0.2) is 19.9 Å². The van der Waals surface area contributed by atoms with Crippen molar-refractivity contribution in [2.24, 2.45) is 0 Å². The van der Waals surface area contributed by atoms with Crippen LogP contribution in [0.5, 0.6) is 5.75 Å². The van der Waals surface area contributed by atoms with Crippen molar-refractivity contribution >= 4 is 0 Å². The summed E-state index contributed by atoms with van der Waals surface area (Å²) in [5.74, 6) is 2.62. The molecule has 0 fully saturated rings. The smallest absolute Gasteiger partial charge is 0.153 e. The first-order valence-electron chi connectivity index (χ1n) is 8.04. The van der Waals surface area contributed by atoms with Gasteiger partial charge in [-0.3, -0.25) is 0 Å². The monoisotopic (exact) mass is 300 g/mol. The quantitative estimate of drug-likeness (QED) is 0.909. The maximum atomic E-state index is 9.64. The summed E-state index contributed by atoms with van der Waals surface area (Å²) in [6.45, 7) is 7.32. The van der Waals surface area contributed by atoms with Crippen LogP contribution < -0.4 is 5.32 Å². The summed E-state index contributed by atoms with van der Waals surface area (Å²) in [6, 6.07) is 7.79. The van der Waals surface area contributed by atoms with Gasteiger partial charge >= 0.3 is 0 Å². The number of rotatable bonds is 4. The second-order valence-electron chi connectivity index (χ2n) is 6.38. The lowest BCUT2D eigenvalue weighted by molar-refractivity contribution is 0.343. The van der Waals surface area contributed by atoms with Crippen LogP contribution in [0.4, 0.5) is 0 Å². The summed E-state index contributed by atoms with van der Waals surface area (Å²) in [6.07, 6.45) is 2.18. The number of aryl methyl sites for hydroxylation is 1. The molecule has 5 nitrogen and oxygen atoms in total. The van der Waals surface area contributed by atoms with E-state index in [1.165, 1.54) is 0 Å². The molecule has 2 N–H and O–H groups in total. The van der Waals surface area contributed by atoms with Crippen LogP contribution in [0, 0.1) is 0 Å². The molecule has 0 saturated heterocycles. The van der Waals surface area contributed by atoms with Crippen molar-refractivity contribution in [3.63, 3.8) is 0 Å². The Hall–Kier alpha value is -1.88. The van der Waals surface area contributed by atoms with Crippen molar-refractivity contribution in [1.29, 1.82) is 0 Å². The van der Waals surface area contributed by atoms with E-state index in [1.807, 2.05) is 22.9 Å². The lowest BCUT2D eigenvalue weighted by Crippen LogP contribution is -2.30. The van der Waals surface area contributed by atoms with Gasteiger partial charge in [0.05, 0.1) is 6.04 Å². The fourth-order valence-electron chi connectivity index (χ4n) is 2.96. The molecule has 1 aliphatic heterocycles. The lowest BCUT2D eigenvalue weighted by Gasteiger charge is -2.26. The molecule has 2 aromatic rings. The van der Waals surface area contributed by atoms with Gasteiger partial charge in [-0.15, -0.1) is 0 Å². The third-order valence-corrected chi connectivity index (χ3v) is 4.23. The second-order valence-corrected chi connectivity index (χ2v) is 6.38. The molecular formula is C17H24N4O. The fraction of sp³-hybridized carbons (Fsp3) is 0.529. The highest BCUT2D eigenvalue weighted by Gasteiger charge is 2.26. The van der Waals surface area contributed by atoms with Gasteiger partial charge in [0, 0.05) is 18.5 Å². The predicted octanol–water partition coefficient (Wildman–Crippen LogP) is 3.29. The molecule has 1 aromatic heterocycles. The van der Waals surface area contributed by atoms with Crippen molar-refractivity contribution in [3.8, 4) is 5.75 Å². The number of phenolic OH excluding ortho intramolecular Hbond substituents is 1. The standard InChI is InChI=1S/C17H24N4O/c1-11(2)16-19-17-15(8-5-9-21(17)20-16)18-12(3)13-6-4-7-14(22)10-13/h4,6-7,10-12,15,18,22H,5,8-9H2,1-3H3/t12-,15+/m0/s1. The number of hydrogen-bond donors (Lipinski definition) is 2. The Labute approximate surface area is 131 Å². The molecule has 0 spiro atoms. The maximum absolute atomic E-state index is 9.64. The second kappa shape index (κ2) is 6.08. The van der Waals surface area contributed by atoms with Gasteiger partial charge < -0.3 is 10.4 Å². The SMILES string of the molecule is CC(C)c1nc2n(n1)CCC[C@H]2N[C@@H](C)c1cccc(O)c1. The van der Waals surface area contributed by atoms with Crippen molar-refractivity contribution in [1.82, 2.24) is 20.1 Å². The first-order chi connectivity index (χ1) is 10.5. The predicted molar refractivity (Wildman–Crippen MR) is 85.7 cm³/mol. The van der Waals surface area contributed by atoms with Crippen LogP contribution in [0.2, 0.25) is 0 Å². The summed E-state index contributed by atoms with van der Waals surface area (Å²) < 4.78 is 2.05. The number of fused-ring (bicyclic) bond motifs is 1. The van der Waals surface area contributed by atoms with Gasteiger partial charge in [-0.2, -0.15) is 5.10 Å². The Balaban J connectivity index is 1.79. The summed E-state index contributed by atoms with van der Waals surface area (Å²) in [7, 11) is 0. The van der Waals surface area contributed by atoms with Crippen molar-refractivity contribution in [2.75, 3.05) is 0 Å². The zero-order chi connectivity index (χ0) is 15.7. The van der Waals surface area contributed by atoms with Crippen LogP contribution in [0.15, 0.2) is 24.3 Å². The minimum atomic E-state index is 0.155. The lowest BCUT2D eigenvalue weighted by atomic mass is 10.0. The van der Waals surface area contributed by atoms with Crippen LogP contribution in [0.3, 0.4) is 0 Å². The number of aromatic hydroxyl groups is 1. The van der Waals surface area contributed by atoms with Gasteiger partial charge in [-0.1, -0.05) is 26.0 Å². The molecule has 0 radical (unpaired) electrons. The van der Waals surface area contributed by atoms with Crippen LogP contribution >= 0.6 is 0 Å². The van der Waals surface area contributed by atoms with Crippen molar-refractivity contribution in [2.45, 2.75) is 58.2 Å². The summed E-state index contributed by atoms with van der Waals surface area (Å²) in [4.78, 5) is 4.74. The molecule has 2 heterocycles. The van der Waals surface area contributed by atoms with Gasteiger partial charge in [0.15, 0.2) is 5.82 Å². The summed E-state index contributed by atoms with van der Waals surface area (Å²) in [5, 5.41) is 17.9.